The van der Waals surface area contributed by atoms with Crippen molar-refractivity contribution in [3.8, 4) is 6.07 Å². The molecule has 2 aromatic rings. The first-order valence-corrected chi connectivity index (χ1v) is 7.42. The monoisotopic (exact) mass is 284 g/mol. The van der Waals surface area contributed by atoms with Gasteiger partial charge in [0.1, 0.15) is 17.4 Å². The molecule has 1 heterocycles. The van der Waals surface area contributed by atoms with E-state index >= 15 is 0 Å². The Morgan fingerprint density at radius 1 is 1.25 bits per heavy atom. The second-order valence-electron chi connectivity index (χ2n) is 4.70. The molecule has 0 amide bonds. The van der Waals surface area contributed by atoms with E-state index in [9.17, 15) is 4.39 Å². The third-order valence-electron chi connectivity index (χ3n) is 3.46. The summed E-state index contributed by atoms with van der Waals surface area (Å²) in [5, 5.41) is 12.2. The summed E-state index contributed by atoms with van der Waals surface area (Å²) in [6, 6.07) is 14.9. The lowest BCUT2D eigenvalue weighted by Gasteiger charge is -2.14. The first kappa shape index (κ1) is 13.0. The van der Waals surface area contributed by atoms with Crippen LogP contribution in [0.1, 0.15) is 17.0 Å². The van der Waals surface area contributed by atoms with Crippen LogP contribution in [0.3, 0.4) is 0 Å². The van der Waals surface area contributed by atoms with Gasteiger partial charge in [-0.2, -0.15) is 5.26 Å². The fraction of sp³-hybridized carbons (Fsp3) is 0.188. The van der Waals surface area contributed by atoms with Crippen LogP contribution in [-0.2, 0) is 0 Å². The Morgan fingerprint density at radius 3 is 2.95 bits per heavy atom. The van der Waals surface area contributed by atoms with Crippen molar-refractivity contribution in [3.05, 3.63) is 59.4 Å². The number of fused-ring (bicyclic) bond motifs is 1. The first-order valence-electron chi connectivity index (χ1n) is 6.44. The predicted molar refractivity (Wildman–Crippen MR) is 79.5 cm³/mol. The normalized spacial score (nSPS) is 16.5. The Kier molecular flexibility index (Phi) is 3.62. The van der Waals surface area contributed by atoms with Gasteiger partial charge < -0.3 is 5.32 Å². The lowest BCUT2D eigenvalue weighted by Crippen LogP contribution is -2.13. The maximum absolute atomic E-state index is 13.5. The van der Waals surface area contributed by atoms with E-state index in [4.69, 9.17) is 5.26 Å². The summed E-state index contributed by atoms with van der Waals surface area (Å²) in [5.41, 5.74) is 1.99. The number of nitrogens with zero attached hydrogens (tertiary/aromatic N) is 1. The van der Waals surface area contributed by atoms with E-state index in [1.54, 1.807) is 12.1 Å². The van der Waals surface area contributed by atoms with Crippen LogP contribution in [0.5, 0.6) is 0 Å². The van der Waals surface area contributed by atoms with Crippen LogP contribution in [0, 0.1) is 17.1 Å². The maximum atomic E-state index is 13.5. The Bertz CT molecular complexity index is 678. The van der Waals surface area contributed by atoms with Crippen LogP contribution < -0.4 is 5.32 Å². The third kappa shape index (κ3) is 2.37. The van der Waals surface area contributed by atoms with Crippen molar-refractivity contribution in [3.63, 3.8) is 0 Å². The quantitative estimate of drug-likeness (QED) is 0.925. The molecule has 1 N–H and O–H groups in total. The smallest absolute Gasteiger partial charge is 0.143 e. The summed E-state index contributed by atoms with van der Waals surface area (Å²) < 4.78 is 13.5. The van der Waals surface area contributed by atoms with Gasteiger partial charge in [-0.3, -0.25) is 0 Å². The molecule has 0 saturated carbocycles. The highest BCUT2D eigenvalue weighted by atomic mass is 32.2. The molecule has 100 valence electrons. The van der Waals surface area contributed by atoms with E-state index in [-0.39, 0.29) is 5.56 Å². The minimum atomic E-state index is -0.473. The molecule has 2 nitrogen and oxygen atoms in total. The second kappa shape index (κ2) is 5.56. The van der Waals surface area contributed by atoms with Gasteiger partial charge in [-0.1, -0.05) is 24.3 Å². The lowest BCUT2D eigenvalue weighted by atomic mass is 10.0. The average Bonchev–Trinajstić information content (AvgIpc) is 2.88. The number of halogens is 1. The van der Waals surface area contributed by atoms with Gasteiger partial charge in [0.05, 0.1) is 5.69 Å². The van der Waals surface area contributed by atoms with Crippen LogP contribution in [0.25, 0.3) is 0 Å². The number of rotatable bonds is 3. The molecule has 20 heavy (non-hydrogen) atoms. The molecule has 1 atom stereocenters. The number of anilines is 1. The molecule has 0 fully saturated rings. The largest absolute Gasteiger partial charge is 0.383 e. The number of nitrogens with one attached hydrogen (secondary N) is 1. The van der Waals surface area contributed by atoms with Gasteiger partial charge in [0.25, 0.3) is 0 Å². The average molecular weight is 284 g/mol. The van der Waals surface area contributed by atoms with Crippen molar-refractivity contribution < 1.29 is 4.39 Å². The minimum absolute atomic E-state index is 0.0893. The summed E-state index contributed by atoms with van der Waals surface area (Å²) in [7, 11) is 0. The summed E-state index contributed by atoms with van der Waals surface area (Å²) in [4.78, 5) is 1.32. The molecule has 2 aromatic carbocycles. The highest BCUT2D eigenvalue weighted by molar-refractivity contribution is 7.99. The number of thioether (sulfide) groups is 1. The molecular formula is C16H13FN2S. The molecule has 0 bridgehead atoms. The predicted octanol–water partition coefficient (Wildman–Crippen LogP) is 4.00. The fourth-order valence-corrected chi connectivity index (χ4v) is 3.67. The molecule has 0 radical (unpaired) electrons. The zero-order valence-electron chi connectivity index (χ0n) is 10.8. The van der Waals surface area contributed by atoms with Crippen LogP contribution in [0.15, 0.2) is 47.4 Å². The van der Waals surface area contributed by atoms with Crippen molar-refractivity contribution >= 4 is 17.4 Å². The molecule has 0 spiro atoms. The van der Waals surface area contributed by atoms with Crippen molar-refractivity contribution in [2.75, 3.05) is 17.6 Å². The Labute approximate surface area is 121 Å². The molecule has 0 aromatic heterocycles. The molecule has 4 heteroatoms. The summed E-state index contributed by atoms with van der Waals surface area (Å²) in [6.45, 7) is 0.710. The highest BCUT2D eigenvalue weighted by Crippen LogP contribution is 2.39. The van der Waals surface area contributed by atoms with E-state index < -0.39 is 5.82 Å². The van der Waals surface area contributed by atoms with Gasteiger partial charge in [-0.25, -0.2) is 4.39 Å². The standard InChI is InChI=1S/C16H13FN2S/c17-14-5-3-6-15(13(14)8-18)19-9-11-10-20-16-7-2-1-4-12(11)16/h1-7,11,19H,9-10H2. The molecule has 1 unspecified atom stereocenters. The zero-order chi connectivity index (χ0) is 13.9. The molecule has 1 aliphatic heterocycles. The van der Waals surface area contributed by atoms with Crippen molar-refractivity contribution in [1.29, 1.82) is 5.26 Å². The van der Waals surface area contributed by atoms with Crippen LogP contribution in [0.2, 0.25) is 0 Å². The van der Waals surface area contributed by atoms with Crippen molar-refractivity contribution in [2.24, 2.45) is 0 Å². The number of benzene rings is 2. The Balaban J connectivity index is 1.76. The van der Waals surface area contributed by atoms with E-state index in [0.717, 1.165) is 5.75 Å². The van der Waals surface area contributed by atoms with Gasteiger partial charge in [0.2, 0.25) is 0 Å². The molecule has 3 rings (SSSR count). The molecule has 1 aliphatic rings. The van der Waals surface area contributed by atoms with E-state index in [0.29, 0.717) is 18.2 Å². The van der Waals surface area contributed by atoms with Crippen LogP contribution in [-0.4, -0.2) is 12.3 Å². The number of nitriles is 1. The minimum Gasteiger partial charge on any atom is -0.383 e. The molecule has 0 saturated heterocycles. The van der Waals surface area contributed by atoms with Crippen LogP contribution >= 0.6 is 11.8 Å². The molecular weight excluding hydrogens is 271 g/mol. The summed E-state index contributed by atoms with van der Waals surface area (Å²) in [5.74, 6) is 0.938. The third-order valence-corrected chi connectivity index (χ3v) is 4.72. The zero-order valence-corrected chi connectivity index (χ0v) is 11.6. The maximum Gasteiger partial charge on any atom is 0.143 e. The Hall–Kier alpha value is -1.99. The number of hydrogen-bond acceptors (Lipinski definition) is 3. The van der Waals surface area contributed by atoms with Crippen molar-refractivity contribution in [2.45, 2.75) is 10.8 Å². The van der Waals surface area contributed by atoms with Crippen molar-refractivity contribution in [1.82, 2.24) is 0 Å². The van der Waals surface area contributed by atoms with Gasteiger partial charge in [0.15, 0.2) is 0 Å². The van der Waals surface area contributed by atoms with Gasteiger partial charge in [-0.05, 0) is 23.8 Å². The van der Waals surface area contributed by atoms with Gasteiger partial charge >= 0.3 is 0 Å². The summed E-state index contributed by atoms with van der Waals surface area (Å²) in [6.07, 6.45) is 0. The second-order valence-corrected chi connectivity index (χ2v) is 5.76. The Morgan fingerprint density at radius 2 is 2.10 bits per heavy atom. The van der Waals surface area contributed by atoms with E-state index in [1.807, 2.05) is 30.0 Å². The van der Waals surface area contributed by atoms with E-state index in [2.05, 4.69) is 17.4 Å². The molecule has 0 aliphatic carbocycles. The van der Waals surface area contributed by atoms with E-state index in [1.165, 1.54) is 16.5 Å². The summed E-state index contributed by atoms with van der Waals surface area (Å²) >= 11 is 1.85. The topological polar surface area (TPSA) is 35.8 Å². The van der Waals surface area contributed by atoms with Gasteiger partial charge in [0, 0.05) is 23.1 Å². The fourth-order valence-electron chi connectivity index (χ4n) is 2.42. The SMILES string of the molecule is N#Cc1c(F)cccc1NCC1CSc2ccccc21. The van der Waals surface area contributed by atoms with Gasteiger partial charge in [-0.15, -0.1) is 11.8 Å². The first-order chi connectivity index (χ1) is 9.79. The van der Waals surface area contributed by atoms with Crippen LogP contribution in [0.4, 0.5) is 10.1 Å². The lowest BCUT2D eigenvalue weighted by molar-refractivity contribution is 0.624. The number of hydrogen-bond donors (Lipinski definition) is 1. The highest BCUT2D eigenvalue weighted by Gasteiger charge is 2.22.